The van der Waals surface area contributed by atoms with Crippen molar-refractivity contribution in [3.8, 4) is 11.6 Å². The van der Waals surface area contributed by atoms with E-state index in [0.717, 1.165) is 43.9 Å². The molecule has 0 bridgehead atoms. The number of hydrogen-bond donors (Lipinski definition) is 1. The van der Waals surface area contributed by atoms with Crippen molar-refractivity contribution in [2.24, 2.45) is 0 Å². The van der Waals surface area contributed by atoms with Gasteiger partial charge >= 0.3 is 0 Å². The summed E-state index contributed by atoms with van der Waals surface area (Å²) in [6, 6.07) is 12.2. The number of aryl methyl sites for hydroxylation is 1. The lowest BCUT2D eigenvalue weighted by molar-refractivity contribution is 0.250. The lowest BCUT2D eigenvalue weighted by Crippen LogP contribution is -2.46. The summed E-state index contributed by atoms with van der Waals surface area (Å²) in [5.74, 6) is 1.45. The van der Waals surface area contributed by atoms with Crippen LogP contribution in [0.3, 0.4) is 0 Å². The first-order chi connectivity index (χ1) is 14.2. The van der Waals surface area contributed by atoms with Crippen LogP contribution in [0.15, 0.2) is 53.3 Å². The van der Waals surface area contributed by atoms with E-state index in [2.05, 4.69) is 56.1 Å². The Hall–Kier alpha value is -3.39. The second kappa shape index (κ2) is 7.21. The van der Waals surface area contributed by atoms with Crippen LogP contribution in [0, 0.1) is 6.92 Å². The molecule has 4 aromatic rings. The second-order valence-electron chi connectivity index (χ2n) is 7.34. The van der Waals surface area contributed by atoms with E-state index in [1.807, 2.05) is 12.1 Å². The quantitative estimate of drug-likeness (QED) is 0.574. The van der Waals surface area contributed by atoms with E-state index in [1.54, 1.807) is 17.0 Å². The number of piperazine rings is 1. The normalized spacial score (nSPS) is 15.3. The van der Waals surface area contributed by atoms with Gasteiger partial charge in [0.05, 0.1) is 6.26 Å². The molecule has 8 nitrogen and oxygen atoms in total. The molecule has 4 heterocycles. The highest BCUT2D eigenvalue weighted by Gasteiger charge is 2.21. The maximum atomic E-state index is 6.02. The van der Waals surface area contributed by atoms with Gasteiger partial charge in [0.2, 0.25) is 11.8 Å². The standard InChI is InChI=1S/C21H23N7O/c1-15-5-2-3-6-17(15)27-10-8-26(9-11-27)14-16-13-23-21(22)28-20(16)24-19(25-28)18-7-4-12-29-18/h2-7,12-13H,8-11,14H2,1H3,(H2,22,23). The number of aromatic nitrogens is 4. The number of fused-ring (bicyclic) bond motifs is 1. The van der Waals surface area contributed by atoms with Crippen LogP contribution >= 0.6 is 0 Å². The number of furan rings is 1. The fourth-order valence-electron chi connectivity index (χ4n) is 3.86. The smallest absolute Gasteiger partial charge is 0.223 e. The predicted octanol–water partition coefficient (Wildman–Crippen LogP) is 2.60. The number of para-hydroxylation sites is 1. The van der Waals surface area contributed by atoms with Crippen molar-refractivity contribution in [3.63, 3.8) is 0 Å². The fourth-order valence-corrected chi connectivity index (χ4v) is 3.86. The van der Waals surface area contributed by atoms with E-state index < -0.39 is 0 Å². The molecule has 0 saturated carbocycles. The Balaban J connectivity index is 1.35. The van der Waals surface area contributed by atoms with Gasteiger partial charge in [-0.1, -0.05) is 18.2 Å². The highest BCUT2D eigenvalue weighted by molar-refractivity contribution is 5.57. The van der Waals surface area contributed by atoms with Crippen molar-refractivity contribution in [1.82, 2.24) is 24.5 Å². The van der Waals surface area contributed by atoms with E-state index in [4.69, 9.17) is 10.2 Å². The summed E-state index contributed by atoms with van der Waals surface area (Å²) in [6.45, 7) is 6.87. The van der Waals surface area contributed by atoms with Crippen LogP contribution < -0.4 is 10.6 Å². The monoisotopic (exact) mass is 389 g/mol. The molecule has 0 amide bonds. The molecule has 0 aliphatic carbocycles. The number of nitrogens with zero attached hydrogens (tertiary/aromatic N) is 6. The molecule has 29 heavy (non-hydrogen) atoms. The maximum Gasteiger partial charge on any atom is 0.223 e. The molecule has 0 radical (unpaired) electrons. The van der Waals surface area contributed by atoms with Crippen LogP contribution in [0.4, 0.5) is 11.6 Å². The fraction of sp³-hybridized carbons (Fsp3) is 0.286. The molecule has 148 valence electrons. The Morgan fingerprint density at radius 3 is 2.66 bits per heavy atom. The Labute approximate surface area is 168 Å². The Bertz CT molecular complexity index is 1130. The lowest BCUT2D eigenvalue weighted by Gasteiger charge is -2.36. The van der Waals surface area contributed by atoms with Crippen LogP contribution in [-0.2, 0) is 6.54 Å². The van der Waals surface area contributed by atoms with Gasteiger partial charge in [0.15, 0.2) is 11.4 Å². The predicted molar refractivity (Wildman–Crippen MR) is 112 cm³/mol. The highest BCUT2D eigenvalue weighted by atomic mass is 16.3. The van der Waals surface area contributed by atoms with E-state index in [0.29, 0.717) is 17.5 Å². The van der Waals surface area contributed by atoms with Gasteiger partial charge in [-0.3, -0.25) is 4.90 Å². The summed E-state index contributed by atoms with van der Waals surface area (Å²) in [5.41, 5.74) is 10.4. The SMILES string of the molecule is Cc1ccccc1N1CCN(Cc2cnc(N)n3nc(-c4ccco4)nc23)CC1. The van der Waals surface area contributed by atoms with Gasteiger partial charge in [-0.05, 0) is 30.7 Å². The molecule has 5 rings (SSSR count). The molecular weight excluding hydrogens is 366 g/mol. The largest absolute Gasteiger partial charge is 0.461 e. The molecule has 1 fully saturated rings. The molecule has 8 heteroatoms. The van der Waals surface area contributed by atoms with Crippen LogP contribution in [0.2, 0.25) is 0 Å². The van der Waals surface area contributed by atoms with E-state index in [1.165, 1.54) is 11.3 Å². The lowest BCUT2D eigenvalue weighted by atomic mass is 10.1. The van der Waals surface area contributed by atoms with Crippen molar-refractivity contribution in [3.05, 3.63) is 60.0 Å². The summed E-state index contributed by atoms with van der Waals surface area (Å²) in [4.78, 5) is 13.8. The molecule has 3 aromatic heterocycles. The van der Waals surface area contributed by atoms with Gasteiger partial charge in [0.1, 0.15) is 0 Å². The summed E-state index contributed by atoms with van der Waals surface area (Å²) < 4.78 is 7.02. The second-order valence-corrected chi connectivity index (χ2v) is 7.34. The van der Waals surface area contributed by atoms with Crippen LogP contribution in [0.25, 0.3) is 17.2 Å². The minimum Gasteiger partial charge on any atom is -0.461 e. The van der Waals surface area contributed by atoms with Crippen molar-refractivity contribution in [1.29, 1.82) is 0 Å². The first-order valence-corrected chi connectivity index (χ1v) is 9.76. The number of rotatable bonds is 4. The third-order valence-electron chi connectivity index (χ3n) is 5.43. The molecule has 0 spiro atoms. The van der Waals surface area contributed by atoms with E-state index in [-0.39, 0.29) is 0 Å². The zero-order valence-corrected chi connectivity index (χ0v) is 16.3. The van der Waals surface area contributed by atoms with Crippen molar-refractivity contribution < 1.29 is 4.42 Å². The number of nitrogens with two attached hydrogens (primary N) is 1. The van der Waals surface area contributed by atoms with Crippen LogP contribution in [0.1, 0.15) is 11.1 Å². The molecule has 1 aliphatic heterocycles. The van der Waals surface area contributed by atoms with Gasteiger partial charge in [0, 0.05) is 50.2 Å². The van der Waals surface area contributed by atoms with Gasteiger partial charge in [-0.2, -0.15) is 4.52 Å². The Morgan fingerprint density at radius 2 is 1.90 bits per heavy atom. The summed E-state index contributed by atoms with van der Waals surface area (Å²) >= 11 is 0. The van der Waals surface area contributed by atoms with Gasteiger partial charge in [-0.25, -0.2) is 9.97 Å². The summed E-state index contributed by atoms with van der Waals surface area (Å²) in [7, 11) is 0. The van der Waals surface area contributed by atoms with Crippen LogP contribution in [0.5, 0.6) is 0 Å². The molecule has 1 aromatic carbocycles. The average Bonchev–Trinajstić information content (AvgIpc) is 3.41. The van der Waals surface area contributed by atoms with Crippen molar-refractivity contribution in [2.45, 2.75) is 13.5 Å². The minimum atomic E-state index is 0.318. The van der Waals surface area contributed by atoms with Crippen LogP contribution in [-0.4, -0.2) is 50.7 Å². The third kappa shape index (κ3) is 3.31. The average molecular weight is 389 g/mol. The maximum absolute atomic E-state index is 6.02. The number of benzene rings is 1. The zero-order valence-electron chi connectivity index (χ0n) is 16.3. The number of nitrogen functional groups attached to an aromatic ring is 1. The highest BCUT2D eigenvalue weighted by Crippen LogP contribution is 2.23. The van der Waals surface area contributed by atoms with Crippen molar-refractivity contribution in [2.75, 3.05) is 36.8 Å². The minimum absolute atomic E-state index is 0.318. The first kappa shape index (κ1) is 17.7. The van der Waals surface area contributed by atoms with Crippen molar-refractivity contribution >= 4 is 17.3 Å². The molecule has 2 N–H and O–H groups in total. The molecular formula is C21H23N7O. The molecule has 1 aliphatic rings. The Kier molecular flexibility index (Phi) is 4.40. The molecule has 1 saturated heterocycles. The Morgan fingerprint density at radius 1 is 1.07 bits per heavy atom. The topological polar surface area (TPSA) is 88.7 Å². The number of anilines is 2. The van der Waals surface area contributed by atoms with E-state index >= 15 is 0 Å². The molecule has 0 atom stereocenters. The summed E-state index contributed by atoms with van der Waals surface area (Å²) in [5, 5.41) is 4.47. The third-order valence-corrected chi connectivity index (χ3v) is 5.43. The van der Waals surface area contributed by atoms with Gasteiger partial charge in [0.25, 0.3) is 0 Å². The zero-order chi connectivity index (χ0) is 19.8. The van der Waals surface area contributed by atoms with Gasteiger partial charge in [-0.15, -0.1) is 5.10 Å². The van der Waals surface area contributed by atoms with Gasteiger partial charge < -0.3 is 15.1 Å². The molecule has 0 unspecified atom stereocenters. The van der Waals surface area contributed by atoms with E-state index in [9.17, 15) is 0 Å². The summed E-state index contributed by atoms with van der Waals surface area (Å²) in [6.07, 6.45) is 3.41. The number of hydrogen-bond acceptors (Lipinski definition) is 7. The first-order valence-electron chi connectivity index (χ1n) is 9.76.